The number of ether oxygens (including phenoxy) is 2. The lowest BCUT2D eigenvalue weighted by Gasteiger charge is -2.10. The standard InChI is InChI=1S/C17H15N3O4S2/c18-14(21)13-9-2-1-3-12(9)26-16(13)20-17(25)19-15(22)8-4-5-10-11(6-8)24-7-23-10/h4-6H,1-3,7H2,(H2,18,21)(H2,19,20,22,25). The van der Waals surface area contributed by atoms with Gasteiger partial charge in [-0.2, -0.15) is 0 Å². The van der Waals surface area contributed by atoms with Gasteiger partial charge >= 0.3 is 0 Å². The molecule has 1 aliphatic carbocycles. The molecule has 2 aromatic rings. The minimum Gasteiger partial charge on any atom is -0.454 e. The van der Waals surface area contributed by atoms with Gasteiger partial charge < -0.3 is 20.5 Å². The average molecular weight is 389 g/mol. The van der Waals surface area contributed by atoms with Gasteiger partial charge in [-0.05, 0) is 55.2 Å². The van der Waals surface area contributed by atoms with E-state index in [1.54, 1.807) is 18.2 Å². The van der Waals surface area contributed by atoms with Crippen molar-refractivity contribution in [2.24, 2.45) is 5.73 Å². The summed E-state index contributed by atoms with van der Waals surface area (Å²) in [5.74, 6) is 0.242. The van der Waals surface area contributed by atoms with Crippen LogP contribution < -0.4 is 25.8 Å². The van der Waals surface area contributed by atoms with E-state index in [1.807, 2.05) is 0 Å². The maximum absolute atomic E-state index is 12.4. The van der Waals surface area contributed by atoms with Crippen LogP contribution in [0.1, 0.15) is 37.6 Å². The van der Waals surface area contributed by atoms with E-state index in [2.05, 4.69) is 10.6 Å². The van der Waals surface area contributed by atoms with Gasteiger partial charge in [-0.3, -0.25) is 14.9 Å². The smallest absolute Gasteiger partial charge is 0.257 e. The molecule has 2 heterocycles. The van der Waals surface area contributed by atoms with Crippen LogP contribution in [0.25, 0.3) is 0 Å². The SMILES string of the molecule is NC(=O)c1c(NC(=S)NC(=O)c2ccc3c(c2)OCO3)sc2c1CCC2. The van der Waals surface area contributed by atoms with Crippen LogP contribution >= 0.6 is 23.6 Å². The molecule has 2 aliphatic rings. The molecular weight excluding hydrogens is 374 g/mol. The normalized spacial score (nSPS) is 14.0. The highest BCUT2D eigenvalue weighted by Gasteiger charge is 2.26. The Labute approximate surface area is 158 Å². The number of anilines is 1. The Kier molecular flexibility index (Phi) is 4.25. The van der Waals surface area contributed by atoms with Gasteiger partial charge in [0, 0.05) is 10.4 Å². The first-order chi connectivity index (χ1) is 12.5. The van der Waals surface area contributed by atoms with E-state index in [1.165, 1.54) is 11.3 Å². The number of hydrogen-bond donors (Lipinski definition) is 3. The number of rotatable bonds is 3. The summed E-state index contributed by atoms with van der Waals surface area (Å²) in [6.45, 7) is 0.138. The van der Waals surface area contributed by atoms with Crippen molar-refractivity contribution >= 4 is 45.5 Å². The molecule has 134 valence electrons. The number of nitrogens with one attached hydrogen (secondary N) is 2. The molecule has 7 nitrogen and oxygen atoms in total. The Morgan fingerprint density at radius 3 is 2.81 bits per heavy atom. The topological polar surface area (TPSA) is 103 Å². The predicted octanol–water partition coefficient (Wildman–Crippen LogP) is 2.19. The summed E-state index contributed by atoms with van der Waals surface area (Å²) < 4.78 is 10.5. The van der Waals surface area contributed by atoms with Crippen molar-refractivity contribution in [3.63, 3.8) is 0 Å². The Morgan fingerprint density at radius 1 is 1.19 bits per heavy atom. The third-order valence-corrected chi connectivity index (χ3v) is 5.67. The fourth-order valence-corrected chi connectivity index (χ4v) is 4.66. The van der Waals surface area contributed by atoms with E-state index < -0.39 is 5.91 Å². The summed E-state index contributed by atoms with van der Waals surface area (Å²) in [7, 11) is 0. The van der Waals surface area contributed by atoms with Crippen molar-refractivity contribution < 1.29 is 19.1 Å². The van der Waals surface area contributed by atoms with Gasteiger partial charge in [-0.15, -0.1) is 11.3 Å². The van der Waals surface area contributed by atoms with Crippen molar-refractivity contribution in [2.45, 2.75) is 19.3 Å². The highest BCUT2D eigenvalue weighted by molar-refractivity contribution is 7.80. The second kappa shape index (κ2) is 6.58. The largest absolute Gasteiger partial charge is 0.454 e. The molecule has 0 radical (unpaired) electrons. The third kappa shape index (κ3) is 2.99. The molecule has 4 rings (SSSR count). The molecule has 4 N–H and O–H groups in total. The van der Waals surface area contributed by atoms with E-state index in [0.29, 0.717) is 27.6 Å². The molecule has 1 aromatic carbocycles. The molecule has 0 saturated heterocycles. The van der Waals surface area contributed by atoms with Crippen LogP contribution in [0.4, 0.5) is 5.00 Å². The lowest BCUT2D eigenvalue weighted by atomic mass is 10.1. The van der Waals surface area contributed by atoms with Gasteiger partial charge in [0.1, 0.15) is 5.00 Å². The zero-order chi connectivity index (χ0) is 18.3. The second-order valence-corrected chi connectivity index (χ2v) is 7.42. The maximum atomic E-state index is 12.4. The first kappa shape index (κ1) is 16.8. The van der Waals surface area contributed by atoms with Crippen molar-refractivity contribution in [2.75, 3.05) is 12.1 Å². The Balaban J connectivity index is 1.48. The number of fused-ring (bicyclic) bond motifs is 2. The molecule has 0 saturated carbocycles. The molecule has 1 aliphatic heterocycles. The Hall–Kier alpha value is -2.65. The van der Waals surface area contributed by atoms with Crippen LogP contribution in [-0.4, -0.2) is 23.7 Å². The number of thiophene rings is 1. The van der Waals surface area contributed by atoms with Crippen LogP contribution in [0.5, 0.6) is 11.5 Å². The van der Waals surface area contributed by atoms with Gasteiger partial charge in [0.25, 0.3) is 11.8 Å². The second-order valence-electron chi connectivity index (χ2n) is 5.90. The lowest BCUT2D eigenvalue weighted by Crippen LogP contribution is -2.34. The summed E-state index contributed by atoms with van der Waals surface area (Å²) in [6, 6.07) is 4.89. The fraction of sp³-hybridized carbons (Fsp3) is 0.235. The summed E-state index contributed by atoms with van der Waals surface area (Å²) in [5, 5.41) is 6.23. The van der Waals surface area contributed by atoms with Crippen LogP contribution in [0, 0.1) is 0 Å². The minimum atomic E-state index is -0.489. The van der Waals surface area contributed by atoms with Crippen molar-refractivity contribution in [1.29, 1.82) is 0 Å². The van der Waals surface area contributed by atoms with E-state index in [-0.39, 0.29) is 17.8 Å². The number of benzene rings is 1. The minimum absolute atomic E-state index is 0.107. The van der Waals surface area contributed by atoms with Gasteiger partial charge in [0.2, 0.25) is 6.79 Å². The van der Waals surface area contributed by atoms with Crippen molar-refractivity contribution in [3.8, 4) is 11.5 Å². The van der Waals surface area contributed by atoms with Gasteiger partial charge in [-0.1, -0.05) is 0 Å². The van der Waals surface area contributed by atoms with Gasteiger partial charge in [0.05, 0.1) is 5.56 Å². The highest BCUT2D eigenvalue weighted by Crippen LogP contribution is 2.38. The zero-order valence-corrected chi connectivity index (χ0v) is 15.2. The molecule has 0 unspecified atom stereocenters. The number of aryl methyl sites for hydroxylation is 1. The predicted molar refractivity (Wildman–Crippen MR) is 101 cm³/mol. The summed E-state index contributed by atoms with van der Waals surface area (Å²) in [5.41, 5.74) is 7.38. The molecule has 0 fully saturated rings. The van der Waals surface area contributed by atoms with E-state index in [4.69, 9.17) is 27.4 Å². The summed E-state index contributed by atoms with van der Waals surface area (Å²) in [6.07, 6.45) is 2.79. The van der Waals surface area contributed by atoms with Crippen LogP contribution in [0.2, 0.25) is 0 Å². The molecule has 26 heavy (non-hydrogen) atoms. The highest BCUT2D eigenvalue weighted by atomic mass is 32.1. The number of nitrogens with two attached hydrogens (primary N) is 1. The molecule has 0 bridgehead atoms. The zero-order valence-electron chi connectivity index (χ0n) is 13.6. The molecule has 0 spiro atoms. The van der Waals surface area contributed by atoms with E-state index >= 15 is 0 Å². The Morgan fingerprint density at radius 2 is 2.00 bits per heavy atom. The first-order valence-electron chi connectivity index (χ1n) is 7.99. The van der Waals surface area contributed by atoms with Crippen LogP contribution in [0.3, 0.4) is 0 Å². The van der Waals surface area contributed by atoms with Gasteiger partial charge in [0.15, 0.2) is 16.6 Å². The molecule has 0 atom stereocenters. The fourth-order valence-electron chi connectivity index (χ4n) is 3.10. The first-order valence-corrected chi connectivity index (χ1v) is 9.21. The third-order valence-electron chi connectivity index (χ3n) is 4.26. The number of thiocarbonyl (C=S) groups is 1. The maximum Gasteiger partial charge on any atom is 0.257 e. The molecule has 9 heteroatoms. The average Bonchev–Trinajstić information content (AvgIpc) is 3.28. The van der Waals surface area contributed by atoms with Crippen LogP contribution in [0.15, 0.2) is 18.2 Å². The number of hydrogen-bond acceptors (Lipinski definition) is 6. The van der Waals surface area contributed by atoms with E-state index in [0.717, 1.165) is 29.7 Å². The monoisotopic (exact) mass is 389 g/mol. The van der Waals surface area contributed by atoms with Crippen molar-refractivity contribution in [1.82, 2.24) is 5.32 Å². The quantitative estimate of drug-likeness (QED) is 0.696. The van der Waals surface area contributed by atoms with Gasteiger partial charge in [-0.25, -0.2) is 0 Å². The van der Waals surface area contributed by atoms with Crippen molar-refractivity contribution in [3.05, 3.63) is 39.8 Å². The van der Waals surface area contributed by atoms with Crippen LogP contribution in [-0.2, 0) is 12.8 Å². The summed E-state index contributed by atoms with van der Waals surface area (Å²) in [4.78, 5) is 25.3. The number of carbonyl (C=O) groups excluding carboxylic acids is 2. The Bertz CT molecular complexity index is 938. The number of amides is 2. The molecular formula is C17H15N3O4S2. The summed E-state index contributed by atoms with van der Waals surface area (Å²) >= 11 is 6.68. The van der Waals surface area contributed by atoms with E-state index in [9.17, 15) is 9.59 Å². The number of carbonyl (C=O) groups is 2. The number of primary amides is 1. The molecule has 1 aromatic heterocycles. The lowest BCUT2D eigenvalue weighted by molar-refractivity contribution is 0.0975. The molecule has 2 amide bonds.